The molecule has 34 heavy (non-hydrogen) atoms. The quantitative estimate of drug-likeness (QED) is 0.135. The number of unbranched alkanes of at least 4 members (excludes halogenated alkanes) is 1. The van der Waals surface area contributed by atoms with Gasteiger partial charge in [-0.2, -0.15) is 11.8 Å². The lowest BCUT2D eigenvalue weighted by molar-refractivity contribution is -0.149. The molecule has 0 aromatic carbocycles. The number of amides is 4. The summed E-state index contributed by atoms with van der Waals surface area (Å²) in [6.07, 6.45) is 4.58. The van der Waals surface area contributed by atoms with Crippen LogP contribution in [0.2, 0.25) is 0 Å². The standard InChI is InChI=1S/C21H38N6O6S/c1-34-12-9-14(25-18(29)13(23)7-8-17(24)28)19(30)26-15(5-2-3-10-22)20(31)27-11-4-6-16(27)21(32)33/h13-16H,2-12,22-23H2,1H3,(H2,24,28)(H,25,29)(H,26,30)(H,32,33). The van der Waals surface area contributed by atoms with Crippen LogP contribution in [-0.2, 0) is 24.0 Å². The van der Waals surface area contributed by atoms with Crippen LogP contribution in [0.5, 0.6) is 0 Å². The average molecular weight is 503 g/mol. The third-order valence-electron chi connectivity index (χ3n) is 5.66. The zero-order chi connectivity index (χ0) is 25.7. The fourth-order valence-corrected chi connectivity index (χ4v) is 4.19. The monoisotopic (exact) mass is 502 g/mol. The molecule has 9 N–H and O–H groups in total. The fourth-order valence-electron chi connectivity index (χ4n) is 3.72. The van der Waals surface area contributed by atoms with E-state index in [0.717, 1.165) is 0 Å². The van der Waals surface area contributed by atoms with Gasteiger partial charge in [-0.15, -0.1) is 0 Å². The summed E-state index contributed by atoms with van der Waals surface area (Å²) in [4.78, 5) is 62.5. The molecule has 0 aromatic rings. The zero-order valence-corrected chi connectivity index (χ0v) is 20.5. The molecule has 1 aliphatic rings. The fraction of sp³-hybridized carbons (Fsp3) is 0.762. The number of rotatable bonds is 16. The van der Waals surface area contributed by atoms with Crippen LogP contribution in [0.25, 0.3) is 0 Å². The summed E-state index contributed by atoms with van der Waals surface area (Å²) < 4.78 is 0. The number of nitrogens with one attached hydrogen (secondary N) is 2. The highest BCUT2D eigenvalue weighted by atomic mass is 32.2. The van der Waals surface area contributed by atoms with Crippen LogP contribution in [0.15, 0.2) is 0 Å². The highest BCUT2D eigenvalue weighted by molar-refractivity contribution is 7.98. The number of nitrogens with two attached hydrogens (primary N) is 3. The summed E-state index contributed by atoms with van der Waals surface area (Å²) in [7, 11) is 0. The molecule has 0 aromatic heterocycles. The van der Waals surface area contributed by atoms with Crippen LogP contribution in [0, 0.1) is 0 Å². The van der Waals surface area contributed by atoms with E-state index in [4.69, 9.17) is 17.2 Å². The van der Waals surface area contributed by atoms with Gasteiger partial charge in [0.15, 0.2) is 0 Å². The maximum absolute atomic E-state index is 13.2. The smallest absolute Gasteiger partial charge is 0.326 e. The average Bonchev–Trinajstić information content (AvgIpc) is 3.29. The SMILES string of the molecule is CSCCC(NC(=O)C(N)CCC(N)=O)C(=O)NC(CCCCN)C(=O)N1CCCC1C(=O)O. The topological polar surface area (TPSA) is 211 Å². The second-order valence-corrected chi connectivity index (χ2v) is 9.31. The Balaban J connectivity index is 2.94. The highest BCUT2D eigenvalue weighted by Gasteiger charge is 2.38. The molecule has 0 aliphatic carbocycles. The lowest BCUT2D eigenvalue weighted by Crippen LogP contribution is -2.57. The van der Waals surface area contributed by atoms with Crippen molar-refractivity contribution in [2.24, 2.45) is 17.2 Å². The van der Waals surface area contributed by atoms with Gasteiger partial charge < -0.3 is 37.8 Å². The molecule has 0 saturated carbocycles. The van der Waals surface area contributed by atoms with Gasteiger partial charge in [-0.3, -0.25) is 19.2 Å². The normalized spacial score (nSPS) is 18.1. The van der Waals surface area contributed by atoms with E-state index in [9.17, 15) is 29.1 Å². The third kappa shape index (κ3) is 9.85. The first-order chi connectivity index (χ1) is 16.1. The minimum absolute atomic E-state index is 0.0454. The van der Waals surface area contributed by atoms with Gasteiger partial charge in [-0.1, -0.05) is 0 Å². The van der Waals surface area contributed by atoms with Crippen LogP contribution >= 0.6 is 11.8 Å². The lowest BCUT2D eigenvalue weighted by Gasteiger charge is -2.29. The number of carbonyl (C=O) groups excluding carboxylic acids is 4. The first-order valence-corrected chi connectivity index (χ1v) is 12.9. The first-order valence-electron chi connectivity index (χ1n) is 11.5. The van der Waals surface area contributed by atoms with Crippen LogP contribution in [0.4, 0.5) is 0 Å². The summed E-state index contributed by atoms with van der Waals surface area (Å²) >= 11 is 1.48. The van der Waals surface area contributed by atoms with E-state index in [1.54, 1.807) is 0 Å². The molecule has 0 bridgehead atoms. The Hall–Kier alpha value is -2.38. The number of hydrogen-bond acceptors (Lipinski definition) is 8. The van der Waals surface area contributed by atoms with Gasteiger partial charge >= 0.3 is 5.97 Å². The Morgan fingerprint density at radius 3 is 2.32 bits per heavy atom. The van der Waals surface area contributed by atoms with Crippen molar-refractivity contribution in [1.82, 2.24) is 15.5 Å². The Kier molecular flexibility index (Phi) is 13.5. The molecule has 1 aliphatic heterocycles. The number of carboxylic acid groups (broad SMARTS) is 1. The summed E-state index contributed by atoms with van der Waals surface area (Å²) in [5, 5.41) is 14.8. The molecule has 4 atom stereocenters. The number of nitrogens with zero attached hydrogens (tertiary/aromatic N) is 1. The van der Waals surface area contributed by atoms with Crippen molar-refractivity contribution >= 4 is 41.4 Å². The summed E-state index contributed by atoms with van der Waals surface area (Å²) in [6, 6.07) is -3.81. The highest BCUT2D eigenvalue weighted by Crippen LogP contribution is 2.20. The van der Waals surface area contributed by atoms with E-state index in [1.807, 2.05) is 6.26 Å². The molecule has 1 heterocycles. The van der Waals surface area contributed by atoms with Gasteiger partial charge in [0.1, 0.15) is 18.1 Å². The van der Waals surface area contributed by atoms with Crippen molar-refractivity contribution in [2.45, 2.75) is 75.5 Å². The van der Waals surface area contributed by atoms with Crippen molar-refractivity contribution < 1.29 is 29.1 Å². The predicted octanol–water partition coefficient (Wildman–Crippen LogP) is -1.49. The molecule has 4 amide bonds. The molecule has 1 saturated heterocycles. The van der Waals surface area contributed by atoms with Crippen LogP contribution in [-0.4, -0.2) is 88.9 Å². The van der Waals surface area contributed by atoms with Crippen molar-refractivity contribution in [3.8, 4) is 0 Å². The molecule has 1 fully saturated rings. The molecule has 12 nitrogen and oxygen atoms in total. The summed E-state index contributed by atoms with van der Waals surface area (Å²) in [5.74, 6) is -2.70. The molecule has 13 heteroatoms. The van der Waals surface area contributed by atoms with E-state index in [1.165, 1.54) is 16.7 Å². The Morgan fingerprint density at radius 2 is 1.74 bits per heavy atom. The number of carboxylic acids is 1. The molecular formula is C21H38N6O6S. The summed E-state index contributed by atoms with van der Waals surface area (Å²) in [6.45, 7) is 0.729. The van der Waals surface area contributed by atoms with E-state index in [0.29, 0.717) is 57.4 Å². The van der Waals surface area contributed by atoms with Crippen molar-refractivity contribution in [3.05, 3.63) is 0 Å². The van der Waals surface area contributed by atoms with Crippen molar-refractivity contribution in [2.75, 3.05) is 25.1 Å². The minimum Gasteiger partial charge on any atom is -0.480 e. The van der Waals surface area contributed by atoms with Gasteiger partial charge in [-0.05, 0) is 63.5 Å². The predicted molar refractivity (Wildman–Crippen MR) is 129 cm³/mol. The lowest BCUT2D eigenvalue weighted by atomic mass is 10.1. The van der Waals surface area contributed by atoms with E-state index in [-0.39, 0.29) is 12.8 Å². The van der Waals surface area contributed by atoms with Crippen LogP contribution in [0.1, 0.15) is 51.4 Å². The van der Waals surface area contributed by atoms with Crippen molar-refractivity contribution in [1.29, 1.82) is 0 Å². The number of aliphatic carboxylic acids is 1. The molecule has 1 rings (SSSR count). The Labute approximate surface area is 204 Å². The largest absolute Gasteiger partial charge is 0.480 e. The van der Waals surface area contributed by atoms with Gasteiger partial charge in [0.05, 0.1) is 6.04 Å². The Morgan fingerprint density at radius 1 is 1.06 bits per heavy atom. The maximum atomic E-state index is 13.2. The van der Waals surface area contributed by atoms with E-state index in [2.05, 4.69) is 10.6 Å². The maximum Gasteiger partial charge on any atom is 0.326 e. The van der Waals surface area contributed by atoms with Crippen LogP contribution < -0.4 is 27.8 Å². The molecule has 0 spiro atoms. The number of hydrogen-bond donors (Lipinski definition) is 6. The molecule has 4 unspecified atom stereocenters. The van der Waals surface area contributed by atoms with Gasteiger partial charge in [0.2, 0.25) is 23.6 Å². The minimum atomic E-state index is -1.08. The van der Waals surface area contributed by atoms with Gasteiger partial charge in [-0.25, -0.2) is 4.79 Å². The second kappa shape index (κ2) is 15.5. The number of thioether (sulfide) groups is 1. The third-order valence-corrected chi connectivity index (χ3v) is 6.31. The second-order valence-electron chi connectivity index (χ2n) is 8.33. The van der Waals surface area contributed by atoms with Gasteiger partial charge in [0.25, 0.3) is 0 Å². The zero-order valence-electron chi connectivity index (χ0n) is 19.7. The van der Waals surface area contributed by atoms with Gasteiger partial charge in [0, 0.05) is 13.0 Å². The molecule has 0 radical (unpaired) electrons. The first kappa shape index (κ1) is 29.7. The molecule has 194 valence electrons. The van der Waals surface area contributed by atoms with E-state index < -0.39 is 53.8 Å². The summed E-state index contributed by atoms with van der Waals surface area (Å²) in [5.41, 5.74) is 16.5. The molecular weight excluding hydrogens is 464 g/mol. The number of likely N-dealkylation sites (tertiary alicyclic amines) is 1. The number of primary amides is 1. The van der Waals surface area contributed by atoms with Crippen molar-refractivity contribution in [3.63, 3.8) is 0 Å². The van der Waals surface area contributed by atoms with E-state index >= 15 is 0 Å². The Bertz CT molecular complexity index is 724. The van der Waals surface area contributed by atoms with Crippen LogP contribution in [0.3, 0.4) is 0 Å². The number of carbonyl (C=O) groups is 5.